The molecule has 1 saturated heterocycles. The van der Waals surface area contributed by atoms with Gasteiger partial charge in [-0.1, -0.05) is 12.1 Å². The van der Waals surface area contributed by atoms with Crippen LogP contribution in [-0.2, 0) is 13.2 Å². The maximum absolute atomic E-state index is 13.1. The summed E-state index contributed by atoms with van der Waals surface area (Å²) in [5.74, 6) is 0.636. The van der Waals surface area contributed by atoms with Gasteiger partial charge in [-0.3, -0.25) is 14.7 Å². The van der Waals surface area contributed by atoms with Crippen LogP contribution in [0, 0.1) is 0 Å². The Kier molecular flexibility index (Phi) is 5.94. The van der Waals surface area contributed by atoms with Crippen LogP contribution in [0.2, 0.25) is 0 Å². The number of amides is 1. The second-order valence-corrected chi connectivity index (χ2v) is 7.41. The van der Waals surface area contributed by atoms with Crippen molar-refractivity contribution in [1.29, 1.82) is 0 Å². The molecule has 0 saturated carbocycles. The minimum Gasteiger partial charge on any atom is -0.486 e. The highest BCUT2D eigenvalue weighted by atomic mass is 32.1. The molecule has 2 aromatic heterocycles. The van der Waals surface area contributed by atoms with Crippen molar-refractivity contribution in [2.45, 2.75) is 13.2 Å². The summed E-state index contributed by atoms with van der Waals surface area (Å²) in [5.41, 5.74) is 4.51. The summed E-state index contributed by atoms with van der Waals surface area (Å²) in [5, 5.41) is 1.95. The van der Waals surface area contributed by atoms with E-state index in [9.17, 15) is 4.79 Å². The van der Waals surface area contributed by atoms with Crippen molar-refractivity contribution < 1.29 is 9.53 Å². The van der Waals surface area contributed by atoms with E-state index >= 15 is 0 Å². The first kappa shape index (κ1) is 18.6. The predicted molar refractivity (Wildman–Crippen MR) is 108 cm³/mol. The molecule has 1 aliphatic heterocycles. The van der Waals surface area contributed by atoms with E-state index in [0.29, 0.717) is 31.0 Å². The van der Waals surface area contributed by atoms with Gasteiger partial charge >= 0.3 is 0 Å². The van der Waals surface area contributed by atoms with Crippen molar-refractivity contribution in [1.82, 2.24) is 19.8 Å². The average Bonchev–Trinajstić information content (AvgIpc) is 3.27. The molecular weight excluding hydrogens is 372 g/mol. The van der Waals surface area contributed by atoms with Gasteiger partial charge in [-0.05, 0) is 29.8 Å². The fourth-order valence-electron chi connectivity index (χ4n) is 3.26. The monoisotopic (exact) mass is 394 g/mol. The molecule has 0 aliphatic carbocycles. The van der Waals surface area contributed by atoms with Gasteiger partial charge in [-0.15, -0.1) is 11.3 Å². The Morgan fingerprint density at radius 1 is 1.07 bits per heavy atom. The molecule has 0 bridgehead atoms. The predicted octanol–water partition coefficient (Wildman–Crippen LogP) is 3.08. The number of rotatable bonds is 6. The molecule has 1 aromatic carbocycles. The fourth-order valence-corrected chi connectivity index (χ4v) is 3.80. The Balaban J connectivity index is 1.36. The molecule has 0 atom stereocenters. The average molecular weight is 395 g/mol. The molecule has 1 amide bonds. The van der Waals surface area contributed by atoms with E-state index in [2.05, 4.69) is 14.9 Å². The van der Waals surface area contributed by atoms with Crippen LogP contribution in [0.25, 0.3) is 0 Å². The number of ether oxygens (including phenoxy) is 1. The number of thiazole rings is 1. The Hall–Kier alpha value is -2.77. The van der Waals surface area contributed by atoms with Gasteiger partial charge in [0.1, 0.15) is 12.4 Å². The largest absolute Gasteiger partial charge is 0.486 e. The first-order chi connectivity index (χ1) is 13.8. The van der Waals surface area contributed by atoms with Gasteiger partial charge in [0.2, 0.25) is 0 Å². The van der Waals surface area contributed by atoms with Crippen LogP contribution in [0.4, 0.5) is 0 Å². The number of piperazine rings is 1. The Bertz CT molecular complexity index is 894. The Morgan fingerprint density at radius 2 is 1.86 bits per heavy atom. The molecule has 28 heavy (non-hydrogen) atoms. The number of hydrogen-bond acceptors (Lipinski definition) is 6. The number of carbonyl (C=O) groups is 1. The molecule has 1 aliphatic rings. The van der Waals surface area contributed by atoms with Crippen LogP contribution in [0.15, 0.2) is 59.7 Å². The van der Waals surface area contributed by atoms with Crippen molar-refractivity contribution in [3.05, 3.63) is 76.5 Å². The summed E-state index contributed by atoms with van der Waals surface area (Å²) in [6.45, 7) is 4.39. The lowest BCUT2D eigenvalue weighted by Gasteiger charge is -2.35. The molecule has 1 fully saturated rings. The maximum Gasteiger partial charge on any atom is 0.257 e. The van der Waals surface area contributed by atoms with Gasteiger partial charge < -0.3 is 9.64 Å². The summed E-state index contributed by atoms with van der Waals surface area (Å²) in [7, 11) is 0. The minimum atomic E-state index is 0.0254. The van der Waals surface area contributed by atoms with Gasteiger partial charge in [0, 0.05) is 50.5 Å². The lowest BCUT2D eigenvalue weighted by molar-refractivity contribution is 0.0624. The van der Waals surface area contributed by atoms with E-state index in [1.54, 1.807) is 5.51 Å². The Labute approximate surface area is 168 Å². The van der Waals surface area contributed by atoms with Crippen molar-refractivity contribution in [3.8, 4) is 5.75 Å². The molecule has 144 valence electrons. The molecule has 0 N–H and O–H groups in total. The highest BCUT2D eigenvalue weighted by Gasteiger charge is 2.24. The zero-order valence-corrected chi connectivity index (χ0v) is 16.3. The number of pyridine rings is 1. The lowest BCUT2D eigenvalue weighted by Crippen LogP contribution is -2.48. The molecule has 4 rings (SSSR count). The lowest BCUT2D eigenvalue weighted by atomic mass is 10.1. The summed E-state index contributed by atoms with van der Waals surface area (Å²) in [6.07, 6.45) is 3.63. The first-order valence-electron chi connectivity index (χ1n) is 9.29. The molecule has 0 unspecified atom stereocenters. The number of benzene rings is 1. The minimum absolute atomic E-state index is 0.0254. The van der Waals surface area contributed by atoms with Crippen LogP contribution < -0.4 is 4.74 Å². The quantitative estimate of drug-likeness (QED) is 0.643. The second-order valence-electron chi connectivity index (χ2n) is 6.69. The molecule has 7 heteroatoms. The molecule has 0 radical (unpaired) electrons. The van der Waals surface area contributed by atoms with Crippen molar-refractivity contribution in [3.63, 3.8) is 0 Å². The molecular formula is C21H22N4O2S. The molecule has 0 spiro atoms. The summed E-state index contributed by atoms with van der Waals surface area (Å²) in [4.78, 5) is 25.6. The van der Waals surface area contributed by atoms with Gasteiger partial charge in [-0.25, -0.2) is 4.98 Å². The van der Waals surface area contributed by atoms with Gasteiger partial charge in [0.25, 0.3) is 5.91 Å². The zero-order valence-electron chi connectivity index (χ0n) is 15.5. The number of hydrogen-bond donors (Lipinski definition) is 0. The summed E-state index contributed by atoms with van der Waals surface area (Å²) >= 11 is 1.53. The molecule has 3 aromatic rings. The Morgan fingerprint density at radius 3 is 2.61 bits per heavy atom. The van der Waals surface area contributed by atoms with Crippen LogP contribution in [0.1, 0.15) is 21.6 Å². The van der Waals surface area contributed by atoms with Crippen molar-refractivity contribution in [2.24, 2.45) is 0 Å². The number of aromatic nitrogens is 2. The van der Waals surface area contributed by atoms with E-state index in [0.717, 1.165) is 25.3 Å². The molecule has 3 heterocycles. The van der Waals surface area contributed by atoms with E-state index in [1.165, 1.54) is 16.9 Å². The third-order valence-corrected chi connectivity index (χ3v) is 5.43. The topological polar surface area (TPSA) is 58.6 Å². The SMILES string of the molecule is O=C(c1ccccc1OCc1cscn1)N1CCN(Cc2ccncc2)CC1. The van der Waals surface area contributed by atoms with E-state index in [-0.39, 0.29) is 5.91 Å². The summed E-state index contributed by atoms with van der Waals surface area (Å²) in [6, 6.07) is 11.5. The number of para-hydroxylation sites is 1. The van der Waals surface area contributed by atoms with Crippen molar-refractivity contribution in [2.75, 3.05) is 26.2 Å². The van der Waals surface area contributed by atoms with E-state index in [1.807, 2.05) is 59.1 Å². The maximum atomic E-state index is 13.1. The van der Waals surface area contributed by atoms with Crippen molar-refractivity contribution >= 4 is 17.2 Å². The standard InChI is InChI=1S/C21H22N4O2S/c26-21(19-3-1-2-4-20(19)27-14-18-15-28-16-23-18)25-11-9-24(10-12-25)13-17-5-7-22-8-6-17/h1-8,15-16H,9-14H2. The molecule has 6 nitrogen and oxygen atoms in total. The highest BCUT2D eigenvalue weighted by molar-refractivity contribution is 7.07. The van der Waals surface area contributed by atoms with Gasteiger partial charge in [0.15, 0.2) is 0 Å². The zero-order chi connectivity index (χ0) is 19.2. The first-order valence-corrected chi connectivity index (χ1v) is 10.2. The van der Waals surface area contributed by atoms with Crippen LogP contribution in [0.5, 0.6) is 5.75 Å². The van der Waals surface area contributed by atoms with E-state index < -0.39 is 0 Å². The highest BCUT2D eigenvalue weighted by Crippen LogP contribution is 2.22. The van der Waals surface area contributed by atoms with Crippen LogP contribution in [0.3, 0.4) is 0 Å². The number of carbonyl (C=O) groups excluding carboxylic acids is 1. The normalized spacial score (nSPS) is 14.8. The third-order valence-electron chi connectivity index (χ3n) is 4.79. The van der Waals surface area contributed by atoms with Gasteiger partial charge in [-0.2, -0.15) is 0 Å². The van der Waals surface area contributed by atoms with E-state index in [4.69, 9.17) is 4.74 Å². The van der Waals surface area contributed by atoms with Crippen LogP contribution in [-0.4, -0.2) is 51.9 Å². The third kappa shape index (κ3) is 4.55. The summed E-state index contributed by atoms with van der Waals surface area (Å²) < 4.78 is 5.87. The number of nitrogens with zero attached hydrogens (tertiary/aromatic N) is 4. The fraction of sp³-hybridized carbons (Fsp3) is 0.286. The smallest absolute Gasteiger partial charge is 0.257 e. The van der Waals surface area contributed by atoms with Crippen LogP contribution >= 0.6 is 11.3 Å². The van der Waals surface area contributed by atoms with Gasteiger partial charge in [0.05, 0.1) is 16.8 Å². The second kappa shape index (κ2) is 8.95.